The van der Waals surface area contributed by atoms with E-state index in [-0.39, 0.29) is 6.04 Å². The minimum atomic E-state index is 0.229. The van der Waals surface area contributed by atoms with Crippen LogP contribution in [0.3, 0.4) is 0 Å². The summed E-state index contributed by atoms with van der Waals surface area (Å²) in [5, 5.41) is 3.51. The third-order valence-electron chi connectivity index (χ3n) is 2.51. The van der Waals surface area contributed by atoms with Gasteiger partial charge in [0.1, 0.15) is 0 Å². The Labute approximate surface area is 74.7 Å². The van der Waals surface area contributed by atoms with Crippen LogP contribution in [0.25, 0.3) is 0 Å². The molecule has 0 aromatic rings. The highest BCUT2D eigenvalue weighted by Crippen LogP contribution is 2.07. The van der Waals surface area contributed by atoms with E-state index >= 15 is 0 Å². The molecule has 2 unspecified atom stereocenters. The van der Waals surface area contributed by atoms with Crippen molar-refractivity contribution in [2.75, 3.05) is 13.2 Å². The van der Waals surface area contributed by atoms with E-state index in [1.807, 2.05) is 6.92 Å². The van der Waals surface area contributed by atoms with E-state index in [1.165, 1.54) is 0 Å². The van der Waals surface area contributed by atoms with E-state index in [2.05, 4.69) is 12.2 Å². The van der Waals surface area contributed by atoms with E-state index in [0.717, 1.165) is 26.1 Å². The van der Waals surface area contributed by atoms with Crippen molar-refractivity contribution in [3.05, 3.63) is 0 Å². The molecular formula is C9H20N2O. The molecule has 0 bridgehead atoms. The molecule has 3 heteroatoms. The second kappa shape index (κ2) is 4.80. The summed E-state index contributed by atoms with van der Waals surface area (Å²) in [6, 6.07) is 1.25. The van der Waals surface area contributed by atoms with E-state index in [1.54, 1.807) is 0 Å². The fourth-order valence-electron chi connectivity index (χ4n) is 1.39. The molecule has 0 radical (unpaired) electrons. The van der Waals surface area contributed by atoms with Gasteiger partial charge in [0.2, 0.25) is 0 Å². The highest BCUT2D eigenvalue weighted by Gasteiger charge is 2.16. The van der Waals surface area contributed by atoms with Crippen LogP contribution >= 0.6 is 0 Å². The molecule has 1 saturated heterocycles. The van der Waals surface area contributed by atoms with Crippen molar-refractivity contribution in [3.63, 3.8) is 0 Å². The van der Waals surface area contributed by atoms with Crippen LogP contribution in [0, 0.1) is 0 Å². The maximum atomic E-state index is 5.76. The Hall–Kier alpha value is -0.120. The lowest BCUT2D eigenvalue weighted by atomic mass is 10.1. The molecule has 0 aromatic carbocycles. The lowest BCUT2D eigenvalue weighted by molar-refractivity contribution is 0.0747. The van der Waals surface area contributed by atoms with E-state index in [0.29, 0.717) is 12.1 Å². The van der Waals surface area contributed by atoms with Crippen LogP contribution in [0.1, 0.15) is 26.7 Å². The molecule has 2 atom stereocenters. The number of rotatable bonds is 3. The number of hydrogen-bond acceptors (Lipinski definition) is 3. The molecule has 0 amide bonds. The molecular weight excluding hydrogens is 152 g/mol. The SMILES string of the molecule is CC(N)C(C)NC1CCOCC1. The lowest BCUT2D eigenvalue weighted by Crippen LogP contribution is -2.47. The number of nitrogens with two attached hydrogens (primary N) is 1. The Morgan fingerprint density at radius 1 is 1.33 bits per heavy atom. The molecule has 3 N–H and O–H groups in total. The topological polar surface area (TPSA) is 47.3 Å². The highest BCUT2D eigenvalue weighted by molar-refractivity contribution is 4.78. The third-order valence-corrected chi connectivity index (χ3v) is 2.51. The second-order valence-corrected chi connectivity index (χ2v) is 3.70. The first-order valence-electron chi connectivity index (χ1n) is 4.79. The predicted molar refractivity (Wildman–Crippen MR) is 50.1 cm³/mol. The zero-order valence-corrected chi connectivity index (χ0v) is 8.05. The van der Waals surface area contributed by atoms with E-state index < -0.39 is 0 Å². The quantitative estimate of drug-likeness (QED) is 0.651. The minimum absolute atomic E-state index is 0.229. The third kappa shape index (κ3) is 3.09. The molecule has 1 heterocycles. The van der Waals surface area contributed by atoms with Gasteiger partial charge in [-0.1, -0.05) is 0 Å². The Bertz CT molecular complexity index is 122. The normalized spacial score (nSPS) is 25.2. The van der Waals surface area contributed by atoms with Crippen LogP contribution < -0.4 is 11.1 Å². The van der Waals surface area contributed by atoms with E-state index in [9.17, 15) is 0 Å². The van der Waals surface area contributed by atoms with Gasteiger partial charge in [-0.25, -0.2) is 0 Å². The number of nitrogens with one attached hydrogen (secondary N) is 1. The van der Waals surface area contributed by atoms with Crippen molar-refractivity contribution >= 4 is 0 Å². The maximum absolute atomic E-state index is 5.76. The Morgan fingerprint density at radius 2 is 1.92 bits per heavy atom. The molecule has 0 aromatic heterocycles. The summed E-state index contributed by atoms with van der Waals surface area (Å²) >= 11 is 0. The number of ether oxygens (including phenoxy) is 1. The molecule has 72 valence electrons. The summed E-state index contributed by atoms with van der Waals surface area (Å²) in [5.74, 6) is 0. The molecule has 0 spiro atoms. The standard InChI is InChI=1S/C9H20N2O/c1-7(10)8(2)11-9-3-5-12-6-4-9/h7-9,11H,3-6,10H2,1-2H3. The van der Waals surface area contributed by atoms with Gasteiger partial charge < -0.3 is 15.8 Å². The molecule has 1 rings (SSSR count). The zero-order chi connectivity index (χ0) is 8.97. The molecule has 1 aliphatic rings. The lowest BCUT2D eigenvalue weighted by Gasteiger charge is -2.28. The van der Waals surface area contributed by atoms with Gasteiger partial charge in [0, 0.05) is 31.3 Å². The van der Waals surface area contributed by atoms with Crippen molar-refractivity contribution < 1.29 is 4.74 Å². The summed E-state index contributed by atoms with van der Waals surface area (Å²) in [6.07, 6.45) is 2.24. The molecule has 1 aliphatic heterocycles. The summed E-state index contributed by atoms with van der Waals surface area (Å²) in [7, 11) is 0. The van der Waals surface area contributed by atoms with Crippen molar-refractivity contribution in [1.29, 1.82) is 0 Å². The average molecular weight is 172 g/mol. The predicted octanol–water partition coefficient (Wildman–Crippen LogP) is 0.491. The van der Waals surface area contributed by atoms with Crippen molar-refractivity contribution in [2.24, 2.45) is 5.73 Å². The van der Waals surface area contributed by atoms with Gasteiger partial charge in [0.05, 0.1) is 0 Å². The largest absolute Gasteiger partial charge is 0.381 e. The van der Waals surface area contributed by atoms with Gasteiger partial charge in [0.15, 0.2) is 0 Å². The van der Waals surface area contributed by atoms with Crippen molar-refractivity contribution in [2.45, 2.75) is 44.8 Å². The van der Waals surface area contributed by atoms with Crippen molar-refractivity contribution in [3.8, 4) is 0 Å². The van der Waals surface area contributed by atoms with Crippen LogP contribution in [0.5, 0.6) is 0 Å². The molecule has 1 fully saturated rings. The van der Waals surface area contributed by atoms with Crippen LogP contribution in [0.2, 0.25) is 0 Å². The number of hydrogen-bond donors (Lipinski definition) is 2. The minimum Gasteiger partial charge on any atom is -0.381 e. The van der Waals surface area contributed by atoms with Crippen LogP contribution in [0.4, 0.5) is 0 Å². The second-order valence-electron chi connectivity index (χ2n) is 3.70. The van der Waals surface area contributed by atoms with E-state index in [4.69, 9.17) is 10.5 Å². The maximum Gasteiger partial charge on any atom is 0.0480 e. The molecule has 0 aliphatic carbocycles. The molecule has 0 saturated carbocycles. The Morgan fingerprint density at radius 3 is 2.42 bits per heavy atom. The first-order valence-corrected chi connectivity index (χ1v) is 4.79. The summed E-state index contributed by atoms with van der Waals surface area (Å²) < 4.78 is 5.27. The first-order chi connectivity index (χ1) is 5.70. The summed E-state index contributed by atoms with van der Waals surface area (Å²) in [6.45, 7) is 5.96. The monoisotopic (exact) mass is 172 g/mol. The summed E-state index contributed by atoms with van der Waals surface area (Å²) in [5.41, 5.74) is 5.76. The van der Waals surface area contributed by atoms with Gasteiger partial charge >= 0.3 is 0 Å². The fraction of sp³-hybridized carbons (Fsp3) is 1.00. The zero-order valence-electron chi connectivity index (χ0n) is 8.05. The Balaban J connectivity index is 2.20. The Kier molecular flexibility index (Phi) is 3.98. The van der Waals surface area contributed by atoms with Crippen molar-refractivity contribution in [1.82, 2.24) is 5.32 Å². The smallest absolute Gasteiger partial charge is 0.0480 e. The van der Waals surface area contributed by atoms with Crippen LogP contribution in [-0.2, 0) is 4.74 Å². The highest BCUT2D eigenvalue weighted by atomic mass is 16.5. The summed E-state index contributed by atoms with van der Waals surface area (Å²) in [4.78, 5) is 0. The first kappa shape index (κ1) is 9.96. The fourth-order valence-corrected chi connectivity index (χ4v) is 1.39. The molecule has 3 nitrogen and oxygen atoms in total. The van der Waals surface area contributed by atoms with Crippen LogP contribution in [-0.4, -0.2) is 31.3 Å². The van der Waals surface area contributed by atoms with Gasteiger partial charge in [-0.05, 0) is 26.7 Å². The van der Waals surface area contributed by atoms with Gasteiger partial charge in [-0.2, -0.15) is 0 Å². The average Bonchev–Trinajstić information content (AvgIpc) is 2.06. The van der Waals surface area contributed by atoms with Gasteiger partial charge in [-0.15, -0.1) is 0 Å². The molecule has 12 heavy (non-hydrogen) atoms. The van der Waals surface area contributed by atoms with Crippen LogP contribution in [0.15, 0.2) is 0 Å². The van der Waals surface area contributed by atoms with Gasteiger partial charge in [-0.3, -0.25) is 0 Å². The van der Waals surface area contributed by atoms with Gasteiger partial charge in [0.25, 0.3) is 0 Å².